The third kappa shape index (κ3) is 3.07. The van der Waals surface area contributed by atoms with Gasteiger partial charge in [0.25, 0.3) is 0 Å². The second-order valence-electron chi connectivity index (χ2n) is 5.13. The van der Waals surface area contributed by atoms with Gasteiger partial charge in [-0.3, -0.25) is 4.79 Å². The van der Waals surface area contributed by atoms with Crippen molar-refractivity contribution in [2.45, 2.75) is 43.9 Å². The van der Waals surface area contributed by atoms with Crippen LogP contribution >= 0.6 is 0 Å². The summed E-state index contributed by atoms with van der Waals surface area (Å²) in [4.78, 5) is 12.0. The first-order chi connectivity index (χ1) is 9.87. The molecule has 1 aromatic rings. The zero-order valence-corrected chi connectivity index (χ0v) is 12.9. The number of aryl methyl sites for hydroxylation is 1. The highest BCUT2D eigenvalue weighted by Gasteiger charge is 2.40. The molecule has 2 rings (SSSR count). The Kier molecular flexibility index (Phi) is 4.61. The average molecular weight is 309 g/mol. The van der Waals surface area contributed by atoms with Gasteiger partial charge in [-0.1, -0.05) is 31.0 Å². The number of carbonyl (C=O) groups excluding carboxylic acids is 1. The molecule has 1 aliphatic rings. The predicted octanol–water partition coefficient (Wildman–Crippen LogP) is 1.61. The molecule has 0 aromatic heterocycles. The van der Waals surface area contributed by atoms with E-state index in [1.807, 2.05) is 13.8 Å². The molecule has 1 N–H and O–H groups in total. The van der Waals surface area contributed by atoms with Gasteiger partial charge in [-0.2, -0.15) is 4.31 Å². The van der Waals surface area contributed by atoms with Gasteiger partial charge in [-0.05, 0) is 37.6 Å². The summed E-state index contributed by atoms with van der Waals surface area (Å²) in [6.07, 6.45) is 2.18. The molecule has 2 atom stereocenters. The predicted molar refractivity (Wildman–Crippen MR) is 79.1 cm³/mol. The number of nitrogens with zero attached hydrogens (tertiary/aromatic N) is 1. The first kappa shape index (κ1) is 15.9. The van der Waals surface area contributed by atoms with Gasteiger partial charge in [0.2, 0.25) is 10.0 Å². The topological polar surface area (TPSA) is 74.7 Å². The van der Waals surface area contributed by atoms with Crippen molar-refractivity contribution in [1.29, 1.82) is 0 Å². The van der Waals surface area contributed by atoms with E-state index in [1.165, 1.54) is 24.3 Å². The van der Waals surface area contributed by atoms with Crippen LogP contribution in [0.4, 0.5) is 0 Å². The molecule has 0 saturated heterocycles. The van der Waals surface area contributed by atoms with Gasteiger partial charge in [-0.15, -0.1) is 0 Å². The van der Waals surface area contributed by atoms with Crippen molar-refractivity contribution in [2.24, 2.45) is 0 Å². The standard InChI is InChI=1S/C15H19NO4S/c1-3-4-13-14(17)9-10-15(18)16(13)21(19,20)12-7-5-11(2)6-8-12/h5-10,13,15,18H,3-4H2,1-2H3/t13-,15-/m0/s1. The number of hydrogen-bond acceptors (Lipinski definition) is 4. The second kappa shape index (κ2) is 6.09. The Bertz CT molecular complexity index is 649. The van der Waals surface area contributed by atoms with E-state index in [2.05, 4.69) is 0 Å². The van der Waals surface area contributed by atoms with Gasteiger partial charge in [0.05, 0.1) is 10.9 Å². The molecule has 0 saturated carbocycles. The maximum Gasteiger partial charge on any atom is 0.246 e. The summed E-state index contributed by atoms with van der Waals surface area (Å²) in [5, 5.41) is 10.0. The molecule has 0 spiro atoms. The molecule has 1 aliphatic heterocycles. The van der Waals surface area contributed by atoms with Crippen LogP contribution in [0.15, 0.2) is 41.3 Å². The van der Waals surface area contributed by atoms with Crippen LogP contribution in [0.1, 0.15) is 25.3 Å². The Hall–Kier alpha value is -1.50. The molecule has 0 bridgehead atoms. The van der Waals surface area contributed by atoms with Crippen molar-refractivity contribution in [1.82, 2.24) is 4.31 Å². The summed E-state index contributed by atoms with van der Waals surface area (Å²) in [7, 11) is -3.92. The Labute approximate surface area is 124 Å². The second-order valence-corrected chi connectivity index (χ2v) is 6.97. The maximum absolute atomic E-state index is 12.7. The fourth-order valence-corrected chi connectivity index (χ4v) is 3.99. The lowest BCUT2D eigenvalue weighted by Crippen LogP contribution is -2.51. The third-order valence-corrected chi connectivity index (χ3v) is 5.38. The minimum Gasteiger partial charge on any atom is -0.374 e. The molecule has 0 fully saturated rings. The lowest BCUT2D eigenvalue weighted by molar-refractivity contribution is -0.121. The van der Waals surface area contributed by atoms with E-state index in [9.17, 15) is 18.3 Å². The van der Waals surface area contributed by atoms with E-state index in [4.69, 9.17) is 0 Å². The van der Waals surface area contributed by atoms with Crippen LogP contribution in [0.3, 0.4) is 0 Å². The molecular formula is C15H19NO4S. The molecule has 0 unspecified atom stereocenters. The van der Waals surface area contributed by atoms with Crippen molar-refractivity contribution in [3.63, 3.8) is 0 Å². The average Bonchev–Trinajstić information content (AvgIpc) is 2.43. The zero-order chi connectivity index (χ0) is 15.6. The minimum atomic E-state index is -3.92. The Morgan fingerprint density at radius 2 is 1.86 bits per heavy atom. The first-order valence-electron chi connectivity index (χ1n) is 6.88. The number of carbonyl (C=O) groups is 1. The molecule has 6 heteroatoms. The van der Waals surface area contributed by atoms with Gasteiger partial charge in [0.15, 0.2) is 5.78 Å². The summed E-state index contributed by atoms with van der Waals surface area (Å²) >= 11 is 0. The van der Waals surface area contributed by atoms with Gasteiger partial charge in [0, 0.05) is 0 Å². The highest BCUT2D eigenvalue weighted by molar-refractivity contribution is 7.89. The number of hydrogen-bond donors (Lipinski definition) is 1. The summed E-state index contributed by atoms with van der Waals surface area (Å²) in [6, 6.07) is 5.51. The largest absolute Gasteiger partial charge is 0.374 e. The van der Waals surface area contributed by atoms with E-state index >= 15 is 0 Å². The molecule has 0 aliphatic carbocycles. The summed E-state index contributed by atoms with van der Waals surface area (Å²) in [6.45, 7) is 3.73. The molecule has 0 radical (unpaired) electrons. The molecule has 1 aromatic carbocycles. The van der Waals surface area contributed by atoms with Gasteiger partial charge in [0.1, 0.15) is 6.23 Å². The number of sulfonamides is 1. The molecule has 5 nitrogen and oxygen atoms in total. The fraction of sp³-hybridized carbons (Fsp3) is 0.400. The molecule has 1 heterocycles. The SMILES string of the molecule is CCC[C@H]1C(=O)C=C[C@H](O)N1S(=O)(=O)c1ccc(C)cc1. The van der Waals surface area contributed by atoms with Gasteiger partial charge in [-0.25, -0.2) is 8.42 Å². The molecule has 21 heavy (non-hydrogen) atoms. The quantitative estimate of drug-likeness (QED) is 0.917. The van der Waals surface area contributed by atoms with Crippen molar-refractivity contribution in [2.75, 3.05) is 0 Å². The smallest absolute Gasteiger partial charge is 0.246 e. The number of ketones is 1. The number of aliphatic hydroxyl groups excluding tert-OH is 1. The molecule has 0 amide bonds. The first-order valence-corrected chi connectivity index (χ1v) is 8.32. The van der Waals surface area contributed by atoms with Crippen molar-refractivity contribution >= 4 is 15.8 Å². The number of rotatable bonds is 4. The van der Waals surface area contributed by atoms with Crippen LogP contribution in [0.25, 0.3) is 0 Å². The zero-order valence-electron chi connectivity index (χ0n) is 12.1. The molecule has 114 valence electrons. The summed E-state index contributed by atoms with van der Waals surface area (Å²) in [5.41, 5.74) is 0.939. The maximum atomic E-state index is 12.7. The van der Waals surface area contributed by atoms with Crippen LogP contribution in [-0.4, -0.2) is 35.9 Å². The Balaban J connectivity index is 2.47. The third-order valence-electron chi connectivity index (χ3n) is 3.49. The fourth-order valence-electron chi connectivity index (χ4n) is 2.37. The van der Waals surface area contributed by atoms with E-state index < -0.39 is 22.3 Å². The van der Waals surface area contributed by atoms with E-state index in [-0.39, 0.29) is 10.7 Å². The van der Waals surface area contributed by atoms with Crippen molar-refractivity contribution in [3.8, 4) is 0 Å². The van der Waals surface area contributed by atoms with Crippen molar-refractivity contribution in [3.05, 3.63) is 42.0 Å². The summed E-state index contributed by atoms with van der Waals surface area (Å²) in [5.74, 6) is -0.294. The molecular weight excluding hydrogens is 290 g/mol. The Morgan fingerprint density at radius 1 is 1.24 bits per heavy atom. The lowest BCUT2D eigenvalue weighted by atomic mass is 10.0. The van der Waals surface area contributed by atoms with E-state index in [0.717, 1.165) is 9.87 Å². The highest BCUT2D eigenvalue weighted by Crippen LogP contribution is 2.26. The van der Waals surface area contributed by atoms with Gasteiger partial charge < -0.3 is 5.11 Å². The van der Waals surface area contributed by atoms with Crippen LogP contribution in [-0.2, 0) is 14.8 Å². The van der Waals surface area contributed by atoms with E-state index in [0.29, 0.717) is 12.8 Å². The lowest BCUT2D eigenvalue weighted by Gasteiger charge is -2.34. The monoisotopic (exact) mass is 309 g/mol. The summed E-state index contributed by atoms with van der Waals surface area (Å²) < 4.78 is 26.3. The van der Waals surface area contributed by atoms with Gasteiger partial charge >= 0.3 is 0 Å². The Morgan fingerprint density at radius 3 is 2.43 bits per heavy atom. The minimum absolute atomic E-state index is 0.0800. The van der Waals surface area contributed by atoms with Crippen LogP contribution in [0, 0.1) is 6.92 Å². The highest BCUT2D eigenvalue weighted by atomic mass is 32.2. The van der Waals surface area contributed by atoms with Crippen LogP contribution in [0.2, 0.25) is 0 Å². The number of benzene rings is 1. The number of aliphatic hydroxyl groups is 1. The van der Waals surface area contributed by atoms with Crippen LogP contribution in [0.5, 0.6) is 0 Å². The van der Waals surface area contributed by atoms with E-state index in [1.54, 1.807) is 12.1 Å². The van der Waals surface area contributed by atoms with Crippen molar-refractivity contribution < 1.29 is 18.3 Å². The normalized spacial score (nSPS) is 23.5. The van der Waals surface area contributed by atoms with Crippen LogP contribution < -0.4 is 0 Å².